The van der Waals surface area contributed by atoms with Crippen molar-refractivity contribution in [2.24, 2.45) is 0 Å². The third-order valence-corrected chi connectivity index (χ3v) is 5.28. The highest BCUT2D eigenvalue weighted by Gasteiger charge is 2.35. The molecular formula is C20H15FO2P+. The van der Waals surface area contributed by atoms with E-state index in [-0.39, 0.29) is 5.82 Å². The molecule has 1 atom stereocenters. The summed E-state index contributed by atoms with van der Waals surface area (Å²) in [5.41, 5.74) is 2.28. The van der Waals surface area contributed by atoms with E-state index in [9.17, 15) is 13.8 Å². The van der Waals surface area contributed by atoms with E-state index in [0.29, 0.717) is 16.4 Å². The van der Waals surface area contributed by atoms with Crippen LogP contribution in [-0.2, 0) is 4.57 Å². The topological polar surface area (TPSA) is 34.1 Å². The van der Waals surface area contributed by atoms with Gasteiger partial charge in [-0.3, -0.25) is 0 Å². The van der Waals surface area contributed by atoms with Crippen molar-refractivity contribution in [3.8, 4) is 11.1 Å². The lowest BCUT2D eigenvalue weighted by molar-refractivity contribution is 0.107. The zero-order chi connectivity index (χ0) is 17.1. The van der Waals surface area contributed by atoms with Gasteiger partial charge in [0.1, 0.15) is 5.82 Å². The lowest BCUT2D eigenvalue weighted by Crippen LogP contribution is -2.08. The third-order valence-electron chi connectivity index (χ3n) is 3.84. The lowest BCUT2D eigenvalue weighted by Gasteiger charge is -2.03. The molecule has 0 spiro atoms. The first kappa shape index (κ1) is 16.2. The van der Waals surface area contributed by atoms with Gasteiger partial charge in [-0.25, -0.2) is 9.18 Å². The molecule has 0 N–H and O–H groups in total. The second-order valence-electron chi connectivity index (χ2n) is 5.44. The smallest absolute Gasteiger partial charge is 0.234 e. The monoisotopic (exact) mass is 337 g/mol. The van der Waals surface area contributed by atoms with Crippen LogP contribution in [0.25, 0.3) is 11.1 Å². The lowest BCUT2D eigenvalue weighted by atomic mass is 10.1. The number of hydrogen-bond acceptors (Lipinski definition) is 2. The quantitative estimate of drug-likeness (QED) is 0.621. The normalized spacial score (nSPS) is 11.2. The Hall–Kier alpha value is -2.64. The Labute approximate surface area is 140 Å². The number of carbonyl (C=O) groups excluding carboxylic acids is 1. The first-order valence-electron chi connectivity index (χ1n) is 7.50. The van der Waals surface area contributed by atoms with E-state index in [1.54, 1.807) is 42.5 Å². The van der Waals surface area contributed by atoms with Crippen LogP contribution in [0.3, 0.4) is 0 Å². The van der Waals surface area contributed by atoms with Crippen LogP contribution in [0.4, 0.5) is 4.39 Å². The molecule has 3 rings (SSSR count). The van der Waals surface area contributed by atoms with Gasteiger partial charge >= 0.3 is 13.3 Å². The summed E-state index contributed by atoms with van der Waals surface area (Å²) >= 11 is 0. The molecule has 0 amide bonds. The molecule has 3 aromatic rings. The van der Waals surface area contributed by atoms with E-state index < -0.39 is 13.3 Å². The highest BCUT2D eigenvalue weighted by Crippen LogP contribution is 2.32. The molecule has 4 heteroatoms. The van der Waals surface area contributed by atoms with E-state index in [4.69, 9.17) is 0 Å². The van der Waals surface area contributed by atoms with Crippen molar-refractivity contribution in [1.29, 1.82) is 0 Å². The predicted octanol–water partition coefficient (Wildman–Crippen LogP) is 5.09. The standard InChI is InChI=1S/C20H15FO2P/c1-14-6-2-3-7-17(14)20(22)24(23)19-9-5-4-8-18(19)15-10-12-16(21)13-11-15/h2-13H,1H3/q+1. The SMILES string of the molecule is Cc1ccccc1C(=O)[P+](=O)c1ccccc1-c1ccc(F)cc1. The number of hydrogen-bond donors (Lipinski definition) is 0. The van der Waals surface area contributed by atoms with Gasteiger partial charge in [0.15, 0.2) is 0 Å². The number of halogens is 1. The summed E-state index contributed by atoms with van der Waals surface area (Å²) < 4.78 is 26.0. The fourth-order valence-corrected chi connectivity index (χ4v) is 3.89. The van der Waals surface area contributed by atoms with Gasteiger partial charge in [-0.1, -0.05) is 47.0 Å². The van der Waals surface area contributed by atoms with Crippen molar-refractivity contribution >= 4 is 18.6 Å². The summed E-state index contributed by atoms with van der Waals surface area (Å²) in [4.78, 5) is 12.7. The molecule has 3 aromatic carbocycles. The summed E-state index contributed by atoms with van der Waals surface area (Å²) in [6.07, 6.45) is 0. The molecule has 2 nitrogen and oxygen atoms in total. The molecule has 0 aliphatic carbocycles. The summed E-state index contributed by atoms with van der Waals surface area (Å²) in [6.45, 7) is 1.82. The van der Waals surface area contributed by atoms with Crippen molar-refractivity contribution in [3.05, 3.63) is 89.7 Å². The van der Waals surface area contributed by atoms with Gasteiger partial charge in [-0.05, 0) is 48.4 Å². The Morgan fingerprint density at radius 3 is 2.21 bits per heavy atom. The molecule has 0 aliphatic heterocycles. The zero-order valence-electron chi connectivity index (χ0n) is 13.1. The van der Waals surface area contributed by atoms with E-state index in [0.717, 1.165) is 11.1 Å². The van der Waals surface area contributed by atoms with Crippen molar-refractivity contribution in [1.82, 2.24) is 0 Å². The molecule has 118 valence electrons. The highest BCUT2D eigenvalue weighted by molar-refractivity contribution is 7.71. The Morgan fingerprint density at radius 2 is 1.50 bits per heavy atom. The third kappa shape index (κ3) is 3.17. The van der Waals surface area contributed by atoms with Crippen LogP contribution < -0.4 is 5.30 Å². The fraction of sp³-hybridized carbons (Fsp3) is 0.0500. The molecule has 0 aliphatic rings. The van der Waals surface area contributed by atoms with Crippen LogP contribution in [-0.4, -0.2) is 5.52 Å². The minimum Gasteiger partial charge on any atom is -0.234 e. The Bertz CT molecular complexity index is 917. The first-order chi connectivity index (χ1) is 11.6. The fourth-order valence-electron chi connectivity index (χ4n) is 2.56. The molecule has 0 fully saturated rings. The summed E-state index contributed by atoms with van der Waals surface area (Å²) in [5, 5.41) is 0.465. The van der Waals surface area contributed by atoms with Gasteiger partial charge in [0.05, 0.1) is 5.56 Å². The van der Waals surface area contributed by atoms with Crippen LogP contribution in [0.15, 0.2) is 72.8 Å². The molecule has 0 aromatic heterocycles. The molecule has 1 unspecified atom stereocenters. The van der Waals surface area contributed by atoms with E-state index in [1.807, 2.05) is 25.1 Å². The maximum atomic E-state index is 13.1. The minimum absolute atomic E-state index is 0.336. The van der Waals surface area contributed by atoms with Gasteiger partial charge in [-0.2, -0.15) is 0 Å². The van der Waals surface area contributed by atoms with E-state index in [1.165, 1.54) is 12.1 Å². The van der Waals surface area contributed by atoms with Crippen molar-refractivity contribution in [2.45, 2.75) is 6.92 Å². The molecular weight excluding hydrogens is 322 g/mol. The number of aryl methyl sites for hydroxylation is 1. The average molecular weight is 337 g/mol. The highest BCUT2D eigenvalue weighted by atomic mass is 31.1. The predicted molar refractivity (Wildman–Crippen MR) is 94.6 cm³/mol. The van der Waals surface area contributed by atoms with Gasteiger partial charge in [-0.15, -0.1) is 0 Å². The van der Waals surface area contributed by atoms with Gasteiger partial charge in [0, 0.05) is 5.56 Å². The largest absolute Gasteiger partial charge is 0.459 e. The van der Waals surface area contributed by atoms with Crippen LogP contribution in [0.1, 0.15) is 15.9 Å². The number of benzene rings is 3. The van der Waals surface area contributed by atoms with Gasteiger partial charge in [0.25, 0.3) is 0 Å². The molecule has 0 saturated heterocycles. The van der Waals surface area contributed by atoms with Gasteiger partial charge in [0.2, 0.25) is 5.30 Å². The van der Waals surface area contributed by atoms with Crippen LogP contribution >= 0.6 is 7.80 Å². The van der Waals surface area contributed by atoms with Crippen molar-refractivity contribution in [3.63, 3.8) is 0 Å². The summed E-state index contributed by atoms with van der Waals surface area (Å²) in [6, 6.07) is 20.1. The van der Waals surface area contributed by atoms with Crippen molar-refractivity contribution < 1.29 is 13.8 Å². The first-order valence-corrected chi connectivity index (χ1v) is 8.76. The van der Waals surface area contributed by atoms with Crippen LogP contribution in [0.5, 0.6) is 0 Å². The summed E-state index contributed by atoms with van der Waals surface area (Å²) in [5.74, 6) is -0.336. The van der Waals surface area contributed by atoms with Crippen LogP contribution in [0.2, 0.25) is 0 Å². The minimum atomic E-state index is -2.26. The molecule has 0 bridgehead atoms. The molecule has 0 saturated carbocycles. The number of rotatable bonds is 4. The molecule has 24 heavy (non-hydrogen) atoms. The summed E-state index contributed by atoms with van der Waals surface area (Å²) in [7, 11) is -2.26. The zero-order valence-corrected chi connectivity index (χ0v) is 14.0. The van der Waals surface area contributed by atoms with Crippen molar-refractivity contribution in [2.75, 3.05) is 0 Å². The van der Waals surface area contributed by atoms with E-state index >= 15 is 0 Å². The Morgan fingerprint density at radius 1 is 0.875 bits per heavy atom. The Balaban J connectivity index is 2.04. The second kappa shape index (κ2) is 6.86. The van der Waals surface area contributed by atoms with E-state index in [2.05, 4.69) is 0 Å². The number of carbonyl (C=O) groups is 1. The van der Waals surface area contributed by atoms with Crippen LogP contribution in [0, 0.1) is 12.7 Å². The average Bonchev–Trinajstić information content (AvgIpc) is 2.62. The molecule has 0 heterocycles. The maximum Gasteiger partial charge on any atom is 0.459 e. The maximum absolute atomic E-state index is 13.1. The second-order valence-corrected chi connectivity index (χ2v) is 6.92. The Kier molecular flexibility index (Phi) is 4.64. The molecule has 0 radical (unpaired) electrons. The van der Waals surface area contributed by atoms with Gasteiger partial charge < -0.3 is 0 Å².